The summed E-state index contributed by atoms with van der Waals surface area (Å²) in [4.78, 5) is 11.1. The SMILES string of the molecule is CCOc1cc(Cl)c(CNc2cc(C(=O)O)ccc2C)cc1OC. The summed E-state index contributed by atoms with van der Waals surface area (Å²) in [5.74, 6) is 0.241. The third-order valence-corrected chi connectivity index (χ3v) is 3.94. The highest BCUT2D eigenvalue weighted by Gasteiger charge is 2.11. The van der Waals surface area contributed by atoms with Gasteiger partial charge in [0.25, 0.3) is 0 Å². The zero-order valence-electron chi connectivity index (χ0n) is 13.9. The predicted octanol–water partition coefficient (Wildman–Crippen LogP) is 4.37. The average Bonchev–Trinajstić information content (AvgIpc) is 2.55. The van der Waals surface area contributed by atoms with Gasteiger partial charge in [0.05, 0.1) is 19.3 Å². The Hall–Kier alpha value is -2.40. The number of aryl methyl sites for hydroxylation is 1. The van der Waals surface area contributed by atoms with Crippen molar-refractivity contribution in [3.63, 3.8) is 0 Å². The maximum Gasteiger partial charge on any atom is 0.335 e. The molecule has 2 aromatic carbocycles. The van der Waals surface area contributed by atoms with Crippen LogP contribution in [0, 0.1) is 6.92 Å². The van der Waals surface area contributed by atoms with Crippen LogP contribution >= 0.6 is 11.6 Å². The Morgan fingerprint density at radius 3 is 2.62 bits per heavy atom. The normalized spacial score (nSPS) is 10.3. The Morgan fingerprint density at radius 1 is 1.25 bits per heavy atom. The van der Waals surface area contributed by atoms with Crippen LogP contribution < -0.4 is 14.8 Å². The highest BCUT2D eigenvalue weighted by Crippen LogP contribution is 2.34. The molecule has 2 N–H and O–H groups in total. The standard InChI is InChI=1S/C18H20ClNO4/c1-4-24-17-9-14(19)13(8-16(17)23-3)10-20-15-7-12(18(21)22)6-5-11(15)2/h5-9,20H,4,10H2,1-3H3,(H,21,22). The van der Waals surface area contributed by atoms with E-state index in [2.05, 4.69) is 5.32 Å². The van der Waals surface area contributed by atoms with Crippen molar-refractivity contribution in [2.75, 3.05) is 19.0 Å². The Morgan fingerprint density at radius 2 is 2.00 bits per heavy atom. The van der Waals surface area contributed by atoms with Crippen LogP contribution in [0.5, 0.6) is 11.5 Å². The van der Waals surface area contributed by atoms with Gasteiger partial charge in [0.1, 0.15) is 0 Å². The van der Waals surface area contributed by atoms with Crippen molar-refractivity contribution < 1.29 is 19.4 Å². The number of rotatable bonds is 7. The largest absolute Gasteiger partial charge is 0.493 e. The first kappa shape index (κ1) is 17.9. The summed E-state index contributed by atoms with van der Waals surface area (Å²) in [6, 6.07) is 8.50. The minimum absolute atomic E-state index is 0.235. The van der Waals surface area contributed by atoms with Crippen LogP contribution in [-0.4, -0.2) is 24.8 Å². The van der Waals surface area contributed by atoms with Gasteiger partial charge in [0.15, 0.2) is 11.5 Å². The number of anilines is 1. The second kappa shape index (κ2) is 7.93. The molecule has 0 amide bonds. The van der Waals surface area contributed by atoms with Gasteiger partial charge in [-0.3, -0.25) is 0 Å². The van der Waals surface area contributed by atoms with E-state index in [1.165, 1.54) is 0 Å². The fourth-order valence-corrected chi connectivity index (χ4v) is 2.50. The number of hydrogen-bond donors (Lipinski definition) is 2. The van der Waals surface area contributed by atoms with E-state index in [0.29, 0.717) is 29.7 Å². The maximum atomic E-state index is 11.1. The number of carboxylic acid groups (broad SMARTS) is 1. The monoisotopic (exact) mass is 349 g/mol. The van der Waals surface area contributed by atoms with Gasteiger partial charge in [-0.25, -0.2) is 4.79 Å². The number of methoxy groups -OCH3 is 1. The summed E-state index contributed by atoms with van der Waals surface area (Å²) in [6.45, 7) is 4.76. The molecule has 0 saturated carbocycles. The molecule has 128 valence electrons. The Balaban J connectivity index is 2.23. The number of hydrogen-bond acceptors (Lipinski definition) is 4. The molecular formula is C18H20ClNO4. The number of carboxylic acids is 1. The molecule has 0 aromatic heterocycles. The molecule has 0 bridgehead atoms. The molecule has 0 spiro atoms. The lowest BCUT2D eigenvalue weighted by Crippen LogP contribution is -2.05. The first-order valence-electron chi connectivity index (χ1n) is 7.53. The van der Waals surface area contributed by atoms with Crippen LogP contribution in [0.2, 0.25) is 5.02 Å². The van der Waals surface area contributed by atoms with Crippen molar-refractivity contribution in [1.82, 2.24) is 0 Å². The summed E-state index contributed by atoms with van der Waals surface area (Å²) < 4.78 is 10.8. The third kappa shape index (κ3) is 4.11. The van der Waals surface area contributed by atoms with E-state index in [-0.39, 0.29) is 5.56 Å². The van der Waals surface area contributed by atoms with Crippen LogP contribution in [0.1, 0.15) is 28.4 Å². The third-order valence-electron chi connectivity index (χ3n) is 3.59. The molecule has 2 aromatic rings. The molecule has 2 rings (SSSR count). The molecule has 0 aliphatic heterocycles. The smallest absolute Gasteiger partial charge is 0.335 e. The molecule has 0 unspecified atom stereocenters. The molecule has 5 nitrogen and oxygen atoms in total. The van der Waals surface area contributed by atoms with E-state index in [4.69, 9.17) is 26.2 Å². The van der Waals surface area contributed by atoms with Gasteiger partial charge in [-0.05, 0) is 43.2 Å². The molecular weight excluding hydrogens is 330 g/mol. The molecule has 0 aliphatic rings. The van der Waals surface area contributed by atoms with Crippen LogP contribution in [0.3, 0.4) is 0 Å². The van der Waals surface area contributed by atoms with Gasteiger partial charge in [0.2, 0.25) is 0 Å². The molecule has 6 heteroatoms. The second-order valence-electron chi connectivity index (χ2n) is 5.22. The number of aromatic carboxylic acids is 1. The summed E-state index contributed by atoms with van der Waals surface area (Å²) >= 11 is 6.31. The van der Waals surface area contributed by atoms with E-state index in [1.54, 1.807) is 31.4 Å². The highest BCUT2D eigenvalue weighted by atomic mass is 35.5. The summed E-state index contributed by atoms with van der Waals surface area (Å²) in [5.41, 5.74) is 2.77. The number of nitrogens with one attached hydrogen (secondary N) is 1. The number of carbonyl (C=O) groups is 1. The molecule has 0 atom stereocenters. The van der Waals surface area contributed by atoms with Gasteiger partial charge in [-0.2, -0.15) is 0 Å². The molecule has 0 aliphatic carbocycles. The van der Waals surface area contributed by atoms with Crippen LogP contribution in [0.15, 0.2) is 30.3 Å². The zero-order valence-corrected chi connectivity index (χ0v) is 14.6. The van der Waals surface area contributed by atoms with Gasteiger partial charge in [-0.1, -0.05) is 17.7 Å². The highest BCUT2D eigenvalue weighted by molar-refractivity contribution is 6.31. The first-order valence-corrected chi connectivity index (χ1v) is 7.91. The minimum Gasteiger partial charge on any atom is -0.493 e. The van der Waals surface area contributed by atoms with Crippen molar-refractivity contribution in [1.29, 1.82) is 0 Å². The lowest BCUT2D eigenvalue weighted by Gasteiger charge is -2.15. The number of benzene rings is 2. The van der Waals surface area contributed by atoms with Gasteiger partial charge < -0.3 is 19.9 Å². The van der Waals surface area contributed by atoms with E-state index >= 15 is 0 Å². The zero-order chi connectivity index (χ0) is 17.7. The fourth-order valence-electron chi connectivity index (χ4n) is 2.28. The van der Waals surface area contributed by atoms with Crippen molar-refractivity contribution in [3.8, 4) is 11.5 Å². The Bertz CT molecular complexity index is 746. The first-order chi connectivity index (χ1) is 11.5. The van der Waals surface area contributed by atoms with Gasteiger partial charge in [-0.15, -0.1) is 0 Å². The maximum absolute atomic E-state index is 11.1. The van der Waals surface area contributed by atoms with Crippen molar-refractivity contribution in [3.05, 3.63) is 52.0 Å². The van der Waals surface area contributed by atoms with Crippen LogP contribution in [-0.2, 0) is 6.54 Å². The van der Waals surface area contributed by atoms with Crippen molar-refractivity contribution >= 4 is 23.3 Å². The Labute approximate surface area is 146 Å². The number of halogens is 1. The van der Waals surface area contributed by atoms with E-state index in [1.807, 2.05) is 19.9 Å². The van der Waals surface area contributed by atoms with Crippen LogP contribution in [0.4, 0.5) is 5.69 Å². The van der Waals surface area contributed by atoms with Crippen molar-refractivity contribution in [2.45, 2.75) is 20.4 Å². The number of ether oxygens (including phenoxy) is 2. The average molecular weight is 350 g/mol. The van der Waals surface area contributed by atoms with Crippen LogP contribution in [0.25, 0.3) is 0 Å². The molecule has 24 heavy (non-hydrogen) atoms. The topological polar surface area (TPSA) is 67.8 Å². The van der Waals surface area contributed by atoms with Crippen molar-refractivity contribution in [2.24, 2.45) is 0 Å². The van der Waals surface area contributed by atoms with E-state index in [9.17, 15) is 4.79 Å². The van der Waals surface area contributed by atoms with Gasteiger partial charge in [0, 0.05) is 23.3 Å². The van der Waals surface area contributed by atoms with E-state index < -0.39 is 5.97 Å². The van der Waals surface area contributed by atoms with Gasteiger partial charge >= 0.3 is 5.97 Å². The van der Waals surface area contributed by atoms with E-state index in [0.717, 1.165) is 16.8 Å². The summed E-state index contributed by atoms with van der Waals surface area (Å²) in [5, 5.41) is 12.9. The summed E-state index contributed by atoms with van der Waals surface area (Å²) in [7, 11) is 1.57. The quantitative estimate of drug-likeness (QED) is 0.777. The molecule has 0 fully saturated rings. The second-order valence-corrected chi connectivity index (χ2v) is 5.62. The molecule has 0 heterocycles. The minimum atomic E-state index is -0.959. The molecule has 0 saturated heterocycles. The summed E-state index contributed by atoms with van der Waals surface area (Å²) in [6.07, 6.45) is 0. The Kier molecular flexibility index (Phi) is 5.93. The lowest BCUT2D eigenvalue weighted by molar-refractivity contribution is 0.0697. The molecule has 0 radical (unpaired) electrons. The predicted molar refractivity (Wildman–Crippen MR) is 94.6 cm³/mol. The fraction of sp³-hybridized carbons (Fsp3) is 0.278. The lowest BCUT2D eigenvalue weighted by atomic mass is 10.1.